The predicted octanol–water partition coefficient (Wildman–Crippen LogP) is 4.49. The topological polar surface area (TPSA) is 63.1 Å². The number of nitrogens with one attached hydrogen (secondary N) is 1. The van der Waals surface area contributed by atoms with Gasteiger partial charge in [0.2, 0.25) is 5.95 Å². The molecule has 4 rings (SSSR count). The average Bonchev–Trinajstić information content (AvgIpc) is 3.15. The summed E-state index contributed by atoms with van der Waals surface area (Å²) in [4.78, 5) is 23.6. The lowest BCUT2D eigenvalue weighted by molar-refractivity contribution is 0.102. The Kier molecular flexibility index (Phi) is 5.85. The van der Waals surface area contributed by atoms with E-state index in [9.17, 15) is 9.18 Å². The molecule has 1 aliphatic heterocycles. The molecule has 2 aromatic heterocycles. The molecule has 1 N–H and O–H groups in total. The molecule has 0 unspecified atom stereocenters. The number of amides is 1. The molecule has 1 aliphatic rings. The van der Waals surface area contributed by atoms with Crippen molar-refractivity contribution in [1.82, 2.24) is 14.5 Å². The zero-order valence-electron chi connectivity index (χ0n) is 16.7. The van der Waals surface area contributed by atoms with Crippen molar-refractivity contribution in [1.29, 1.82) is 0 Å². The number of nitrogens with zero attached hydrogens (tertiary/aromatic N) is 4. The van der Waals surface area contributed by atoms with E-state index in [0.29, 0.717) is 9.39 Å². The predicted molar refractivity (Wildman–Crippen MR) is 124 cm³/mol. The highest BCUT2D eigenvalue weighted by molar-refractivity contribution is 14.1. The molecule has 30 heavy (non-hydrogen) atoms. The van der Waals surface area contributed by atoms with Gasteiger partial charge in [0.15, 0.2) is 0 Å². The molecule has 3 heterocycles. The molecule has 3 aromatic rings. The number of anilines is 2. The van der Waals surface area contributed by atoms with Gasteiger partial charge in [-0.15, -0.1) is 0 Å². The summed E-state index contributed by atoms with van der Waals surface area (Å²) in [6.07, 6.45) is 6.45. The van der Waals surface area contributed by atoms with Crippen molar-refractivity contribution >= 4 is 45.8 Å². The number of benzene rings is 1. The standard InChI is InChI=1S/C22H21FIN5O/c1-14-8-10-29(22-25-9-11-28(22)2)13-16(14)15-6-7-19(26-12-15)27-21(30)20-17(23)4-3-5-18(20)24/h3-7,9,11-12H,8,10,13H2,1-2H3,(H,26,27,30). The Labute approximate surface area is 188 Å². The van der Waals surface area contributed by atoms with Crippen LogP contribution in [-0.2, 0) is 7.05 Å². The average molecular weight is 517 g/mol. The SMILES string of the molecule is CC1=C(c2ccc(NC(=O)c3c(F)cccc3I)nc2)CN(c2nccn2C)CC1. The number of rotatable bonds is 4. The van der Waals surface area contributed by atoms with Gasteiger partial charge in [-0.3, -0.25) is 4.79 Å². The summed E-state index contributed by atoms with van der Waals surface area (Å²) in [6, 6.07) is 8.24. The van der Waals surface area contributed by atoms with Crippen molar-refractivity contribution < 1.29 is 9.18 Å². The van der Waals surface area contributed by atoms with E-state index in [4.69, 9.17) is 0 Å². The normalized spacial score (nSPS) is 14.2. The van der Waals surface area contributed by atoms with Gasteiger partial charge in [0.1, 0.15) is 11.6 Å². The minimum absolute atomic E-state index is 0.0283. The molecule has 0 radical (unpaired) electrons. The summed E-state index contributed by atoms with van der Waals surface area (Å²) in [5.41, 5.74) is 3.56. The third-order valence-electron chi connectivity index (χ3n) is 5.24. The van der Waals surface area contributed by atoms with Gasteiger partial charge in [0.25, 0.3) is 5.91 Å². The fourth-order valence-corrected chi connectivity index (χ4v) is 4.28. The van der Waals surface area contributed by atoms with E-state index in [-0.39, 0.29) is 5.56 Å². The first kappa shape index (κ1) is 20.5. The summed E-state index contributed by atoms with van der Waals surface area (Å²) in [5, 5.41) is 2.69. The first-order chi connectivity index (χ1) is 14.4. The minimum Gasteiger partial charge on any atom is -0.338 e. The molecule has 0 saturated heterocycles. The van der Waals surface area contributed by atoms with Gasteiger partial charge in [-0.25, -0.2) is 14.4 Å². The Balaban J connectivity index is 1.52. The molecule has 154 valence electrons. The van der Waals surface area contributed by atoms with Crippen LogP contribution >= 0.6 is 22.6 Å². The van der Waals surface area contributed by atoms with Crippen molar-refractivity contribution in [2.24, 2.45) is 7.05 Å². The van der Waals surface area contributed by atoms with Crippen LogP contribution < -0.4 is 10.2 Å². The van der Waals surface area contributed by atoms with Crippen molar-refractivity contribution in [3.8, 4) is 0 Å². The number of hydrogen-bond acceptors (Lipinski definition) is 4. The molecule has 0 fully saturated rings. The van der Waals surface area contributed by atoms with Crippen molar-refractivity contribution in [3.63, 3.8) is 0 Å². The number of aryl methyl sites for hydroxylation is 1. The lowest BCUT2D eigenvalue weighted by Gasteiger charge is -2.31. The number of aromatic nitrogens is 3. The van der Waals surface area contributed by atoms with Gasteiger partial charge in [0, 0.05) is 42.3 Å². The van der Waals surface area contributed by atoms with Crippen molar-refractivity contribution in [2.75, 3.05) is 23.3 Å². The first-order valence-corrected chi connectivity index (χ1v) is 10.6. The summed E-state index contributed by atoms with van der Waals surface area (Å²) < 4.78 is 16.6. The molecule has 0 saturated carbocycles. The molecule has 0 bridgehead atoms. The monoisotopic (exact) mass is 517 g/mol. The van der Waals surface area contributed by atoms with Crippen LogP contribution in [0.3, 0.4) is 0 Å². The van der Waals surface area contributed by atoms with Crippen LogP contribution in [0, 0.1) is 9.39 Å². The van der Waals surface area contributed by atoms with Gasteiger partial charge in [0.05, 0.1) is 5.56 Å². The highest BCUT2D eigenvalue weighted by atomic mass is 127. The van der Waals surface area contributed by atoms with E-state index in [1.807, 2.05) is 46.5 Å². The third-order valence-corrected chi connectivity index (χ3v) is 6.14. The summed E-state index contributed by atoms with van der Waals surface area (Å²) >= 11 is 1.95. The maximum Gasteiger partial charge on any atom is 0.260 e. The molecular formula is C22H21FIN5O. The smallest absolute Gasteiger partial charge is 0.260 e. The van der Waals surface area contributed by atoms with E-state index in [1.165, 1.54) is 17.2 Å². The molecular weight excluding hydrogens is 496 g/mol. The number of carbonyl (C=O) groups is 1. The second-order valence-corrected chi connectivity index (χ2v) is 8.41. The van der Waals surface area contributed by atoms with Crippen LogP contribution in [0.25, 0.3) is 5.57 Å². The number of halogens is 2. The van der Waals surface area contributed by atoms with E-state index in [2.05, 4.69) is 27.1 Å². The fraction of sp³-hybridized carbons (Fsp3) is 0.227. The molecule has 8 heteroatoms. The molecule has 0 spiro atoms. The van der Waals surface area contributed by atoms with Crippen LogP contribution in [-0.4, -0.2) is 33.5 Å². The summed E-state index contributed by atoms with van der Waals surface area (Å²) in [5.74, 6) is 0.273. The van der Waals surface area contributed by atoms with Gasteiger partial charge < -0.3 is 14.8 Å². The number of carbonyl (C=O) groups excluding carboxylic acids is 1. The van der Waals surface area contributed by atoms with E-state index >= 15 is 0 Å². The number of pyridine rings is 1. The van der Waals surface area contributed by atoms with Crippen molar-refractivity contribution in [3.05, 3.63) is 75.0 Å². The third kappa shape index (κ3) is 4.09. The molecule has 0 aliphatic carbocycles. The molecule has 6 nitrogen and oxygen atoms in total. The van der Waals surface area contributed by atoms with Crippen LogP contribution in [0.2, 0.25) is 0 Å². The van der Waals surface area contributed by atoms with E-state index in [0.717, 1.165) is 31.0 Å². The number of hydrogen-bond donors (Lipinski definition) is 1. The zero-order chi connectivity index (χ0) is 21.3. The second-order valence-electron chi connectivity index (χ2n) is 7.25. The van der Waals surface area contributed by atoms with Gasteiger partial charge in [-0.05, 0) is 71.3 Å². The largest absolute Gasteiger partial charge is 0.338 e. The van der Waals surface area contributed by atoms with Crippen LogP contribution in [0.5, 0.6) is 0 Å². The Morgan fingerprint density at radius 2 is 2.07 bits per heavy atom. The summed E-state index contributed by atoms with van der Waals surface area (Å²) in [6.45, 7) is 3.81. The molecule has 0 atom stereocenters. The maximum atomic E-state index is 14.0. The van der Waals surface area contributed by atoms with Gasteiger partial charge >= 0.3 is 0 Å². The minimum atomic E-state index is -0.548. The van der Waals surface area contributed by atoms with Gasteiger partial charge in [-0.1, -0.05) is 11.6 Å². The zero-order valence-corrected chi connectivity index (χ0v) is 18.9. The van der Waals surface area contributed by atoms with E-state index in [1.54, 1.807) is 30.6 Å². The Morgan fingerprint density at radius 3 is 2.73 bits per heavy atom. The maximum absolute atomic E-state index is 14.0. The summed E-state index contributed by atoms with van der Waals surface area (Å²) in [7, 11) is 1.99. The molecule has 1 aromatic carbocycles. The van der Waals surface area contributed by atoms with Crippen molar-refractivity contribution in [2.45, 2.75) is 13.3 Å². The van der Waals surface area contributed by atoms with Crippen LogP contribution in [0.1, 0.15) is 29.3 Å². The van der Waals surface area contributed by atoms with Crippen LogP contribution in [0.15, 0.2) is 54.5 Å². The number of imidazole rings is 1. The highest BCUT2D eigenvalue weighted by Gasteiger charge is 2.21. The second kappa shape index (κ2) is 8.55. The van der Waals surface area contributed by atoms with Crippen LogP contribution in [0.4, 0.5) is 16.2 Å². The Hall–Kier alpha value is -2.75. The van der Waals surface area contributed by atoms with Gasteiger partial charge in [-0.2, -0.15) is 0 Å². The van der Waals surface area contributed by atoms with E-state index < -0.39 is 11.7 Å². The Morgan fingerprint density at radius 1 is 1.23 bits per heavy atom. The highest BCUT2D eigenvalue weighted by Crippen LogP contribution is 2.29. The first-order valence-electron chi connectivity index (χ1n) is 9.56. The quantitative estimate of drug-likeness (QED) is 0.518. The Bertz CT molecular complexity index is 1100. The fourth-order valence-electron chi connectivity index (χ4n) is 3.57. The lowest BCUT2D eigenvalue weighted by Crippen LogP contribution is -2.32. The molecule has 1 amide bonds. The lowest BCUT2D eigenvalue weighted by atomic mass is 9.96.